The van der Waals surface area contributed by atoms with Gasteiger partial charge in [0.2, 0.25) is 0 Å². The smallest absolute Gasteiger partial charge is 0.343 e. The van der Waals surface area contributed by atoms with Crippen molar-refractivity contribution in [1.29, 1.82) is 0 Å². The number of aliphatic imine (C=N–C) groups is 1. The molecule has 6 N–H and O–H groups in total. The van der Waals surface area contributed by atoms with E-state index >= 15 is 0 Å². The van der Waals surface area contributed by atoms with Crippen LogP contribution < -0.4 is 20.9 Å². The van der Waals surface area contributed by atoms with Gasteiger partial charge in [-0.25, -0.2) is 9.79 Å². The van der Waals surface area contributed by atoms with Crippen LogP contribution in [0.1, 0.15) is 47.2 Å². The monoisotopic (exact) mass is 497 g/mol. The number of ether oxygens (including phenoxy) is 2. The highest BCUT2D eigenvalue weighted by atomic mass is 16.6. The number of aliphatic carboxylic acids is 2. The topological polar surface area (TPSA) is 192 Å². The van der Waals surface area contributed by atoms with Crippen molar-refractivity contribution in [3.8, 4) is 11.5 Å². The molecule has 190 valence electrons. The van der Waals surface area contributed by atoms with Crippen LogP contribution in [0.25, 0.3) is 0 Å². The first kappa shape index (κ1) is 26.2. The molecular formula is C25H27N3O8. The molecule has 1 unspecified atom stereocenters. The van der Waals surface area contributed by atoms with Gasteiger partial charge in [0.1, 0.15) is 5.78 Å². The van der Waals surface area contributed by atoms with E-state index in [-0.39, 0.29) is 36.8 Å². The molecule has 0 radical (unpaired) electrons. The molecule has 0 bridgehead atoms. The molecule has 0 amide bonds. The minimum atomic E-state index is -1.33. The van der Waals surface area contributed by atoms with Gasteiger partial charge in [-0.1, -0.05) is 12.1 Å². The molecular weight excluding hydrogens is 470 g/mol. The van der Waals surface area contributed by atoms with Crippen molar-refractivity contribution in [3.05, 3.63) is 53.1 Å². The van der Waals surface area contributed by atoms with Crippen LogP contribution in [-0.4, -0.2) is 46.5 Å². The standard InChI is InChI=1S/C25H27N3O8/c26-25(27)28-17-7-9-19-15(11-17)4-2-10-35-22-14(3-1-5-20(22)36-24(19)34)6-8-18(29)12-16(23(32)33)13-21(30)31/h1,3,5,7,9,11,16H,2,4,6,8,10,12-13H2,(H,30,31)(H,32,33)(H4,26,27,28). The summed E-state index contributed by atoms with van der Waals surface area (Å²) in [5.41, 5.74) is 13.1. The van der Waals surface area contributed by atoms with Crippen LogP contribution in [0.3, 0.4) is 0 Å². The van der Waals surface area contributed by atoms with E-state index < -0.39 is 30.2 Å². The first-order valence-corrected chi connectivity index (χ1v) is 11.3. The Morgan fingerprint density at radius 3 is 2.56 bits per heavy atom. The van der Waals surface area contributed by atoms with E-state index in [4.69, 9.17) is 31.2 Å². The fourth-order valence-corrected chi connectivity index (χ4v) is 3.91. The van der Waals surface area contributed by atoms with Crippen molar-refractivity contribution >= 4 is 35.3 Å². The maximum atomic E-state index is 12.9. The summed E-state index contributed by atoms with van der Waals surface area (Å²) < 4.78 is 11.6. The zero-order valence-electron chi connectivity index (χ0n) is 19.4. The quantitative estimate of drug-likeness (QED) is 0.173. The maximum absolute atomic E-state index is 12.9. The van der Waals surface area contributed by atoms with Gasteiger partial charge in [0, 0.05) is 12.8 Å². The normalized spacial score (nSPS) is 13.7. The van der Waals surface area contributed by atoms with Gasteiger partial charge in [0.25, 0.3) is 0 Å². The predicted molar refractivity (Wildman–Crippen MR) is 128 cm³/mol. The Morgan fingerprint density at radius 2 is 1.86 bits per heavy atom. The highest BCUT2D eigenvalue weighted by Gasteiger charge is 2.25. The van der Waals surface area contributed by atoms with Crippen molar-refractivity contribution in [1.82, 2.24) is 0 Å². The second kappa shape index (κ2) is 11.8. The molecule has 0 aliphatic carbocycles. The second-order valence-corrected chi connectivity index (χ2v) is 8.34. The third-order valence-electron chi connectivity index (χ3n) is 5.58. The number of carboxylic acid groups (broad SMARTS) is 2. The van der Waals surface area contributed by atoms with E-state index in [0.29, 0.717) is 47.6 Å². The van der Waals surface area contributed by atoms with Gasteiger partial charge in [0.05, 0.1) is 30.2 Å². The van der Waals surface area contributed by atoms with Crippen molar-refractivity contribution in [2.24, 2.45) is 22.4 Å². The summed E-state index contributed by atoms with van der Waals surface area (Å²) in [6.07, 6.45) is 0.258. The number of Topliss-reactive ketones (excluding diaryl/α,β-unsaturated/α-hetero) is 1. The molecule has 3 rings (SSSR count). The molecule has 2 aromatic rings. The second-order valence-electron chi connectivity index (χ2n) is 8.34. The van der Waals surface area contributed by atoms with Crippen molar-refractivity contribution < 1.29 is 38.9 Å². The lowest BCUT2D eigenvalue weighted by Crippen LogP contribution is -2.22. The predicted octanol–water partition coefficient (Wildman–Crippen LogP) is 2.20. The Hall–Kier alpha value is -4.41. The van der Waals surface area contributed by atoms with Gasteiger partial charge < -0.3 is 31.2 Å². The van der Waals surface area contributed by atoms with Crippen molar-refractivity contribution in [2.75, 3.05) is 6.61 Å². The van der Waals surface area contributed by atoms with Crippen LogP contribution in [0.4, 0.5) is 5.69 Å². The third-order valence-corrected chi connectivity index (χ3v) is 5.58. The molecule has 0 aromatic heterocycles. The van der Waals surface area contributed by atoms with Gasteiger partial charge in [-0.3, -0.25) is 14.4 Å². The van der Waals surface area contributed by atoms with E-state index in [0.717, 1.165) is 0 Å². The number of ketones is 1. The number of hydrogen-bond acceptors (Lipinski definition) is 7. The van der Waals surface area contributed by atoms with Gasteiger partial charge in [-0.2, -0.15) is 0 Å². The molecule has 1 aliphatic rings. The third kappa shape index (κ3) is 7.05. The molecule has 0 saturated carbocycles. The highest BCUT2D eigenvalue weighted by Crippen LogP contribution is 2.34. The molecule has 0 saturated heterocycles. The summed E-state index contributed by atoms with van der Waals surface area (Å²) >= 11 is 0. The summed E-state index contributed by atoms with van der Waals surface area (Å²) in [4.78, 5) is 51.5. The van der Waals surface area contributed by atoms with Crippen LogP contribution in [0.5, 0.6) is 11.5 Å². The summed E-state index contributed by atoms with van der Waals surface area (Å²) in [5, 5.41) is 18.0. The van der Waals surface area contributed by atoms with Crippen LogP contribution in [0, 0.1) is 5.92 Å². The zero-order chi connectivity index (χ0) is 26.2. The lowest BCUT2D eigenvalue weighted by atomic mass is 9.95. The molecule has 1 heterocycles. The largest absolute Gasteiger partial charge is 0.489 e. The highest BCUT2D eigenvalue weighted by molar-refractivity contribution is 5.94. The number of benzene rings is 2. The Labute approximate surface area is 206 Å². The fourth-order valence-electron chi connectivity index (χ4n) is 3.91. The summed E-state index contributed by atoms with van der Waals surface area (Å²) in [5.74, 6) is -4.44. The van der Waals surface area contributed by atoms with E-state index in [1.165, 1.54) is 0 Å². The van der Waals surface area contributed by atoms with Crippen LogP contribution in [-0.2, 0) is 27.2 Å². The lowest BCUT2D eigenvalue weighted by molar-refractivity contribution is -0.149. The summed E-state index contributed by atoms with van der Waals surface area (Å²) in [7, 11) is 0. The number of hydrogen-bond donors (Lipinski definition) is 4. The van der Waals surface area contributed by atoms with Gasteiger partial charge >= 0.3 is 17.9 Å². The molecule has 11 nitrogen and oxygen atoms in total. The zero-order valence-corrected chi connectivity index (χ0v) is 19.4. The number of nitrogens with zero attached hydrogens (tertiary/aromatic N) is 1. The van der Waals surface area contributed by atoms with Crippen molar-refractivity contribution in [3.63, 3.8) is 0 Å². The number of carboxylic acids is 2. The number of esters is 1. The van der Waals surface area contributed by atoms with E-state index in [1.807, 2.05) is 0 Å². The minimum Gasteiger partial charge on any atom is -0.489 e. The Bertz CT molecular complexity index is 1200. The number of carbonyl (C=O) groups excluding carboxylic acids is 2. The number of guanidine groups is 1. The van der Waals surface area contributed by atoms with Crippen LogP contribution in [0.15, 0.2) is 41.4 Å². The SMILES string of the molecule is NC(N)=Nc1ccc2c(c1)CCCOc1c(CCC(=O)CC(CC(=O)O)C(=O)O)cccc1OC2=O. The summed E-state index contributed by atoms with van der Waals surface area (Å²) in [6, 6.07) is 9.90. The van der Waals surface area contributed by atoms with Crippen LogP contribution in [0.2, 0.25) is 0 Å². The molecule has 11 heteroatoms. The number of fused-ring (bicyclic) bond motifs is 2. The number of rotatable bonds is 9. The Kier molecular flexibility index (Phi) is 8.61. The molecule has 36 heavy (non-hydrogen) atoms. The molecule has 2 aromatic carbocycles. The molecule has 0 spiro atoms. The van der Waals surface area contributed by atoms with Crippen molar-refractivity contribution in [2.45, 2.75) is 38.5 Å². The summed E-state index contributed by atoms with van der Waals surface area (Å²) in [6.45, 7) is 0.307. The Morgan fingerprint density at radius 1 is 1.08 bits per heavy atom. The van der Waals surface area contributed by atoms with E-state index in [2.05, 4.69) is 4.99 Å². The fraction of sp³-hybridized carbons (Fsp3) is 0.320. The van der Waals surface area contributed by atoms with Gasteiger partial charge in [-0.15, -0.1) is 0 Å². The molecule has 0 fully saturated rings. The number of carbonyl (C=O) groups is 4. The molecule has 1 aliphatic heterocycles. The van der Waals surface area contributed by atoms with Gasteiger partial charge in [0.15, 0.2) is 17.5 Å². The molecule has 1 atom stereocenters. The first-order valence-electron chi connectivity index (χ1n) is 11.3. The minimum absolute atomic E-state index is 0.0203. The van der Waals surface area contributed by atoms with E-state index in [1.54, 1.807) is 36.4 Å². The average molecular weight is 498 g/mol. The number of nitrogens with two attached hydrogens (primary N) is 2. The maximum Gasteiger partial charge on any atom is 0.343 e. The lowest BCUT2D eigenvalue weighted by Gasteiger charge is -2.19. The Balaban J connectivity index is 1.77. The van der Waals surface area contributed by atoms with Gasteiger partial charge in [-0.05, 0) is 54.7 Å². The first-order chi connectivity index (χ1) is 17.1. The van der Waals surface area contributed by atoms with Crippen LogP contribution >= 0.6 is 0 Å². The average Bonchev–Trinajstić information content (AvgIpc) is 2.80. The number of para-hydroxylation sites is 1. The van der Waals surface area contributed by atoms with E-state index in [9.17, 15) is 19.2 Å². The number of aryl methyl sites for hydroxylation is 2.